The van der Waals surface area contributed by atoms with E-state index < -0.39 is 5.60 Å². The van der Waals surface area contributed by atoms with Gasteiger partial charge in [-0.25, -0.2) is 14.3 Å². The summed E-state index contributed by atoms with van der Waals surface area (Å²) in [6.07, 6.45) is 8.72. The molecule has 0 saturated carbocycles. The van der Waals surface area contributed by atoms with Crippen molar-refractivity contribution in [3.8, 4) is 23.1 Å². The molecule has 42 heavy (non-hydrogen) atoms. The smallest absolute Gasteiger partial charge is 0.410 e. The van der Waals surface area contributed by atoms with Crippen molar-refractivity contribution in [1.29, 1.82) is 5.26 Å². The first-order chi connectivity index (χ1) is 20.1. The highest BCUT2D eigenvalue weighted by molar-refractivity contribution is 5.83. The van der Waals surface area contributed by atoms with Gasteiger partial charge in [0.25, 0.3) is 0 Å². The quantitative estimate of drug-likeness (QED) is 0.449. The van der Waals surface area contributed by atoms with Crippen molar-refractivity contribution in [2.75, 3.05) is 64.4 Å². The van der Waals surface area contributed by atoms with E-state index in [2.05, 4.69) is 33.2 Å². The molecule has 224 valence electrons. The molecular weight excluding hydrogens is 534 g/mol. The molecule has 2 saturated heterocycles. The molecule has 5 rings (SSSR count). The second-order valence-corrected chi connectivity index (χ2v) is 12.3. The van der Waals surface area contributed by atoms with Gasteiger partial charge in [-0.05, 0) is 53.7 Å². The van der Waals surface area contributed by atoms with Gasteiger partial charge in [-0.1, -0.05) is 0 Å². The fourth-order valence-corrected chi connectivity index (χ4v) is 5.33. The Morgan fingerprint density at radius 2 is 1.83 bits per heavy atom. The largest absolute Gasteiger partial charge is 0.491 e. The maximum atomic E-state index is 12.4. The van der Waals surface area contributed by atoms with Gasteiger partial charge >= 0.3 is 6.09 Å². The van der Waals surface area contributed by atoms with E-state index in [-0.39, 0.29) is 11.6 Å². The van der Waals surface area contributed by atoms with Crippen LogP contribution in [0, 0.1) is 11.3 Å². The Morgan fingerprint density at radius 3 is 2.45 bits per heavy atom. The number of anilines is 1. The number of rotatable bonds is 7. The lowest BCUT2D eigenvalue weighted by molar-refractivity contribution is 0.0137. The van der Waals surface area contributed by atoms with Crippen molar-refractivity contribution in [2.24, 2.45) is 0 Å². The number of nitrogens with zero attached hydrogens (tertiary/aromatic N) is 8. The molecule has 0 bridgehead atoms. The van der Waals surface area contributed by atoms with Crippen LogP contribution in [0.1, 0.15) is 46.1 Å². The predicted octanol–water partition coefficient (Wildman–Crippen LogP) is 3.17. The van der Waals surface area contributed by atoms with E-state index >= 15 is 0 Å². The molecule has 1 N–H and O–H groups in total. The Bertz CT molecular complexity index is 1430. The SMILES string of the molecule is CNC1(C)CCN(c2cnc(-c3cc(OCCN4CCN(C(=O)OC(C)(C)C)CC4)cn4ncc(C#N)c34)cn2)CC1. The Kier molecular flexibility index (Phi) is 8.52. The number of hydrogen-bond donors (Lipinski definition) is 1. The monoisotopic (exact) mass is 575 g/mol. The van der Waals surface area contributed by atoms with Gasteiger partial charge in [0.05, 0.1) is 41.6 Å². The summed E-state index contributed by atoms with van der Waals surface area (Å²) in [6.45, 7) is 13.6. The van der Waals surface area contributed by atoms with Crippen LogP contribution >= 0.6 is 0 Å². The number of pyridine rings is 1. The summed E-state index contributed by atoms with van der Waals surface area (Å²) in [5.74, 6) is 1.48. The normalized spacial score (nSPS) is 17.7. The third-order valence-corrected chi connectivity index (χ3v) is 8.12. The lowest BCUT2D eigenvalue weighted by Crippen LogP contribution is -2.50. The van der Waals surface area contributed by atoms with Crippen molar-refractivity contribution >= 4 is 17.4 Å². The Balaban J connectivity index is 1.24. The number of nitrogens with one attached hydrogen (secondary N) is 1. The van der Waals surface area contributed by atoms with Gasteiger partial charge in [0.1, 0.15) is 29.8 Å². The molecule has 12 heteroatoms. The van der Waals surface area contributed by atoms with Gasteiger partial charge in [0.2, 0.25) is 0 Å². The molecule has 0 atom stereocenters. The molecule has 0 radical (unpaired) electrons. The zero-order chi connectivity index (χ0) is 29.9. The standard InChI is InChI=1S/C30H41N9O3/c1-29(2,3)42-28(40)38-12-10-36(11-13-38)14-15-41-23-16-24(27-22(17-31)18-35-39(27)21-23)25-19-34-26(20-33-25)37-8-6-30(4,32-5)7-9-37/h16,18-21,32H,6-15H2,1-5H3. The zero-order valence-electron chi connectivity index (χ0n) is 25.3. The Labute approximate surface area is 247 Å². The van der Waals surface area contributed by atoms with Crippen LogP contribution in [0.5, 0.6) is 5.75 Å². The van der Waals surface area contributed by atoms with Gasteiger partial charge in [0.15, 0.2) is 0 Å². The minimum atomic E-state index is -0.500. The fraction of sp³-hybridized carbons (Fsp3) is 0.567. The second-order valence-electron chi connectivity index (χ2n) is 12.3. The third-order valence-electron chi connectivity index (χ3n) is 8.12. The highest BCUT2D eigenvalue weighted by Crippen LogP contribution is 2.31. The van der Waals surface area contributed by atoms with Crippen LogP contribution in [0.2, 0.25) is 0 Å². The number of fused-ring (bicyclic) bond motifs is 1. The number of piperidine rings is 1. The summed E-state index contributed by atoms with van der Waals surface area (Å²) >= 11 is 0. The molecule has 12 nitrogen and oxygen atoms in total. The molecule has 0 aliphatic carbocycles. The molecular formula is C30H41N9O3. The molecule has 1 amide bonds. The maximum Gasteiger partial charge on any atom is 0.410 e. The average Bonchev–Trinajstić information content (AvgIpc) is 3.40. The number of piperazine rings is 1. The zero-order valence-corrected chi connectivity index (χ0v) is 25.3. The molecule has 5 heterocycles. The number of nitriles is 1. The lowest BCUT2D eigenvalue weighted by atomic mass is 9.90. The van der Waals surface area contributed by atoms with Crippen molar-refractivity contribution < 1.29 is 14.3 Å². The summed E-state index contributed by atoms with van der Waals surface area (Å²) in [5.41, 5.74) is 2.19. The minimum Gasteiger partial charge on any atom is -0.491 e. The van der Waals surface area contributed by atoms with E-state index in [0.29, 0.717) is 42.2 Å². The fourth-order valence-electron chi connectivity index (χ4n) is 5.33. The predicted molar refractivity (Wildman–Crippen MR) is 160 cm³/mol. The topological polar surface area (TPSA) is 124 Å². The Hall–Kier alpha value is -3.95. The summed E-state index contributed by atoms with van der Waals surface area (Å²) in [5, 5.41) is 17.5. The van der Waals surface area contributed by atoms with Crippen molar-refractivity contribution in [2.45, 2.75) is 51.7 Å². The van der Waals surface area contributed by atoms with Gasteiger partial charge < -0.3 is 24.6 Å². The van der Waals surface area contributed by atoms with Crippen molar-refractivity contribution in [1.82, 2.24) is 34.7 Å². The molecule has 0 aromatic carbocycles. The van der Waals surface area contributed by atoms with Crippen LogP contribution in [0.15, 0.2) is 30.9 Å². The summed E-state index contributed by atoms with van der Waals surface area (Å²) in [4.78, 5) is 28.1. The number of ether oxygens (including phenoxy) is 2. The Morgan fingerprint density at radius 1 is 1.10 bits per heavy atom. The minimum absolute atomic E-state index is 0.153. The van der Waals surface area contributed by atoms with E-state index in [1.165, 1.54) is 0 Å². The second kappa shape index (κ2) is 12.1. The highest BCUT2D eigenvalue weighted by atomic mass is 16.6. The third kappa shape index (κ3) is 6.74. The molecule has 3 aromatic heterocycles. The van der Waals surface area contributed by atoms with E-state index in [1.807, 2.05) is 33.9 Å². The molecule has 3 aromatic rings. The average molecular weight is 576 g/mol. The molecule has 0 unspecified atom stereocenters. The lowest BCUT2D eigenvalue weighted by Gasteiger charge is -2.39. The summed E-state index contributed by atoms with van der Waals surface area (Å²) in [7, 11) is 2.02. The molecule has 2 aliphatic rings. The van der Waals surface area contributed by atoms with E-state index in [4.69, 9.17) is 19.4 Å². The molecule has 2 fully saturated rings. The van der Waals surface area contributed by atoms with Crippen LogP contribution in [0.25, 0.3) is 16.8 Å². The van der Waals surface area contributed by atoms with E-state index in [1.54, 1.807) is 34.2 Å². The summed E-state index contributed by atoms with van der Waals surface area (Å²) in [6, 6.07) is 4.14. The first kappa shape index (κ1) is 29.5. The van der Waals surface area contributed by atoms with Crippen LogP contribution in [0.4, 0.5) is 10.6 Å². The highest BCUT2D eigenvalue weighted by Gasteiger charge is 2.29. The maximum absolute atomic E-state index is 12.4. The summed E-state index contributed by atoms with van der Waals surface area (Å²) < 4.78 is 13.3. The first-order valence-electron chi connectivity index (χ1n) is 14.6. The van der Waals surface area contributed by atoms with Gasteiger partial charge in [-0.15, -0.1) is 0 Å². The number of carbonyl (C=O) groups excluding carboxylic acids is 1. The van der Waals surface area contributed by atoms with Crippen LogP contribution < -0.4 is 15.0 Å². The van der Waals surface area contributed by atoms with Crippen molar-refractivity contribution in [3.63, 3.8) is 0 Å². The number of amides is 1. The van der Waals surface area contributed by atoms with Crippen molar-refractivity contribution in [3.05, 3.63) is 36.4 Å². The number of carbonyl (C=O) groups is 1. The van der Waals surface area contributed by atoms with Crippen LogP contribution in [-0.2, 0) is 4.74 Å². The molecule has 2 aliphatic heterocycles. The number of aromatic nitrogens is 4. The number of hydrogen-bond acceptors (Lipinski definition) is 10. The first-order valence-corrected chi connectivity index (χ1v) is 14.6. The van der Waals surface area contributed by atoms with Crippen LogP contribution in [0.3, 0.4) is 0 Å². The van der Waals surface area contributed by atoms with E-state index in [0.717, 1.165) is 56.9 Å². The molecule has 0 spiro atoms. The van der Waals surface area contributed by atoms with E-state index in [9.17, 15) is 10.1 Å². The van der Waals surface area contributed by atoms with Gasteiger partial charge in [-0.3, -0.25) is 9.88 Å². The van der Waals surface area contributed by atoms with Gasteiger partial charge in [0, 0.05) is 56.9 Å². The van der Waals surface area contributed by atoms with Gasteiger partial charge in [-0.2, -0.15) is 10.4 Å². The van der Waals surface area contributed by atoms with Crippen LogP contribution in [-0.4, -0.2) is 106 Å².